The number of fused-ring (bicyclic) bond motifs is 1. The molecular weight excluding hydrogens is 448 g/mol. The third-order valence-corrected chi connectivity index (χ3v) is 6.96. The Morgan fingerprint density at radius 3 is 2.50 bits per heavy atom. The average molecular weight is 471 g/mol. The van der Waals surface area contributed by atoms with Gasteiger partial charge in [-0.15, -0.1) is 10.2 Å². The van der Waals surface area contributed by atoms with Crippen molar-refractivity contribution >= 4 is 38.4 Å². The summed E-state index contributed by atoms with van der Waals surface area (Å²) in [5.74, 6) is 1.46. The number of aromatic nitrogens is 5. The molecule has 2 heterocycles. The maximum absolute atomic E-state index is 12.4. The Labute approximate surface area is 189 Å². The Bertz CT molecular complexity index is 1400. The van der Waals surface area contributed by atoms with Gasteiger partial charge in [-0.2, -0.15) is 0 Å². The monoisotopic (exact) mass is 470 g/mol. The maximum atomic E-state index is 12.4. The first-order valence-corrected chi connectivity index (χ1v) is 12.8. The summed E-state index contributed by atoms with van der Waals surface area (Å²) in [6.07, 6.45) is 1.17. The highest BCUT2D eigenvalue weighted by Crippen LogP contribution is 2.24. The van der Waals surface area contributed by atoms with E-state index in [0.29, 0.717) is 45.7 Å². The molecule has 0 saturated heterocycles. The van der Waals surface area contributed by atoms with Gasteiger partial charge in [0.25, 0.3) is 5.56 Å². The van der Waals surface area contributed by atoms with Crippen LogP contribution in [0.1, 0.15) is 18.6 Å². The Balaban J connectivity index is 1.57. The smallest absolute Gasteiger partial charge is 0.258 e. The molecule has 0 saturated carbocycles. The van der Waals surface area contributed by atoms with Crippen LogP contribution >= 0.6 is 11.8 Å². The Hall–Kier alpha value is -3.18. The summed E-state index contributed by atoms with van der Waals surface area (Å²) in [5.41, 5.74) is 1.01. The van der Waals surface area contributed by atoms with Crippen LogP contribution in [0.25, 0.3) is 10.9 Å². The Morgan fingerprint density at radius 1 is 1.06 bits per heavy atom. The number of hydrogen-bond donors (Lipinski definition) is 1. The summed E-state index contributed by atoms with van der Waals surface area (Å²) in [5, 5.41) is 9.66. The zero-order chi connectivity index (χ0) is 22.7. The first kappa shape index (κ1) is 22.0. The fourth-order valence-electron chi connectivity index (χ4n) is 3.32. The molecule has 0 aliphatic carbocycles. The van der Waals surface area contributed by atoms with Crippen molar-refractivity contribution in [3.63, 3.8) is 0 Å². The number of aromatic amines is 1. The minimum Gasteiger partial charge on any atom is -0.309 e. The summed E-state index contributed by atoms with van der Waals surface area (Å²) < 4.78 is 28.0. The van der Waals surface area contributed by atoms with E-state index in [9.17, 15) is 13.2 Å². The lowest BCUT2D eigenvalue weighted by atomic mass is 10.2. The van der Waals surface area contributed by atoms with Crippen LogP contribution < -0.4 is 9.86 Å². The molecule has 0 aliphatic heterocycles. The number of para-hydroxylation sites is 2. The van der Waals surface area contributed by atoms with Gasteiger partial charge in [0, 0.05) is 6.54 Å². The minimum atomic E-state index is -3.52. The van der Waals surface area contributed by atoms with E-state index in [-0.39, 0.29) is 12.1 Å². The molecule has 0 bridgehead atoms. The number of benzene rings is 2. The van der Waals surface area contributed by atoms with Crippen molar-refractivity contribution in [2.45, 2.75) is 30.9 Å². The van der Waals surface area contributed by atoms with Gasteiger partial charge < -0.3 is 9.55 Å². The van der Waals surface area contributed by atoms with Crippen molar-refractivity contribution in [3.05, 3.63) is 76.6 Å². The van der Waals surface area contributed by atoms with E-state index in [0.717, 1.165) is 0 Å². The molecule has 4 aromatic rings. The predicted octanol–water partition coefficient (Wildman–Crippen LogP) is 2.79. The van der Waals surface area contributed by atoms with Gasteiger partial charge in [0.15, 0.2) is 11.0 Å². The van der Waals surface area contributed by atoms with Crippen molar-refractivity contribution in [3.8, 4) is 0 Å². The Morgan fingerprint density at radius 2 is 1.78 bits per heavy atom. The number of nitrogens with zero attached hydrogens (tertiary/aromatic N) is 5. The number of nitrogens with one attached hydrogen (secondary N) is 1. The van der Waals surface area contributed by atoms with Gasteiger partial charge in [0.2, 0.25) is 10.0 Å². The topological polar surface area (TPSA) is 114 Å². The lowest BCUT2D eigenvalue weighted by Gasteiger charge is -2.22. The molecule has 32 heavy (non-hydrogen) atoms. The molecule has 0 radical (unpaired) electrons. The lowest BCUT2D eigenvalue weighted by molar-refractivity contribution is 0.590. The predicted molar refractivity (Wildman–Crippen MR) is 125 cm³/mol. The molecule has 4 rings (SSSR count). The second-order valence-electron chi connectivity index (χ2n) is 7.07. The first-order valence-electron chi connectivity index (χ1n) is 9.92. The van der Waals surface area contributed by atoms with E-state index in [2.05, 4.69) is 20.2 Å². The fraction of sp³-hybridized carbons (Fsp3) is 0.238. The third-order valence-electron chi connectivity index (χ3n) is 4.84. The van der Waals surface area contributed by atoms with Crippen molar-refractivity contribution < 1.29 is 8.42 Å². The molecule has 9 nitrogen and oxygen atoms in total. The number of sulfonamides is 1. The van der Waals surface area contributed by atoms with Crippen LogP contribution in [0.4, 0.5) is 5.69 Å². The average Bonchev–Trinajstić information content (AvgIpc) is 3.17. The van der Waals surface area contributed by atoms with E-state index < -0.39 is 10.0 Å². The number of hydrogen-bond acceptors (Lipinski definition) is 7. The van der Waals surface area contributed by atoms with Gasteiger partial charge >= 0.3 is 0 Å². The van der Waals surface area contributed by atoms with Crippen LogP contribution in [-0.2, 0) is 28.9 Å². The minimum absolute atomic E-state index is 0.0648. The molecule has 166 valence electrons. The molecule has 0 spiro atoms. The van der Waals surface area contributed by atoms with E-state index in [4.69, 9.17) is 0 Å². The molecule has 2 aromatic heterocycles. The molecule has 0 aliphatic rings. The number of thioether (sulfide) groups is 1. The maximum Gasteiger partial charge on any atom is 0.258 e. The normalized spacial score (nSPS) is 11.7. The summed E-state index contributed by atoms with van der Waals surface area (Å²) in [4.78, 5) is 19.6. The summed E-state index contributed by atoms with van der Waals surface area (Å²) in [7, 11) is -3.52. The third kappa shape index (κ3) is 4.68. The highest BCUT2D eigenvalue weighted by molar-refractivity contribution is 7.98. The number of rotatable bonds is 8. The Kier molecular flexibility index (Phi) is 6.28. The van der Waals surface area contributed by atoms with Gasteiger partial charge in [-0.25, -0.2) is 13.4 Å². The van der Waals surface area contributed by atoms with Crippen molar-refractivity contribution in [2.24, 2.45) is 0 Å². The lowest BCUT2D eigenvalue weighted by Crippen LogP contribution is -2.30. The van der Waals surface area contributed by atoms with E-state index >= 15 is 0 Å². The van der Waals surface area contributed by atoms with E-state index in [1.807, 2.05) is 23.6 Å². The second kappa shape index (κ2) is 9.13. The molecule has 1 N–H and O–H groups in total. The second-order valence-corrected chi connectivity index (χ2v) is 9.92. The molecular formula is C21H22N6O3S2. The van der Waals surface area contributed by atoms with Gasteiger partial charge in [0.1, 0.15) is 5.82 Å². The number of H-pyrrole nitrogens is 1. The summed E-state index contributed by atoms with van der Waals surface area (Å²) >= 11 is 1.38. The van der Waals surface area contributed by atoms with Gasteiger partial charge in [0.05, 0.1) is 35.1 Å². The summed E-state index contributed by atoms with van der Waals surface area (Å²) in [6, 6.07) is 16.1. The molecule has 0 unspecified atom stereocenters. The fourth-order valence-corrected chi connectivity index (χ4v) is 5.07. The van der Waals surface area contributed by atoms with Crippen LogP contribution in [0.3, 0.4) is 0 Å². The largest absolute Gasteiger partial charge is 0.309 e. The van der Waals surface area contributed by atoms with Crippen molar-refractivity contribution in [1.29, 1.82) is 0 Å². The SMILES string of the molecule is CCn1c(CN(c2ccccc2)S(C)(=O)=O)nnc1SCc1nc2ccccc2c(=O)[nH]1. The van der Waals surface area contributed by atoms with Gasteiger partial charge in [-0.1, -0.05) is 42.1 Å². The molecule has 2 aromatic carbocycles. The van der Waals surface area contributed by atoms with Crippen LogP contribution in [0.2, 0.25) is 0 Å². The highest BCUT2D eigenvalue weighted by atomic mass is 32.2. The zero-order valence-corrected chi connectivity index (χ0v) is 19.2. The molecule has 11 heteroatoms. The van der Waals surface area contributed by atoms with Crippen LogP contribution in [-0.4, -0.2) is 39.4 Å². The van der Waals surface area contributed by atoms with Crippen LogP contribution in [0.15, 0.2) is 64.5 Å². The standard InChI is InChI=1S/C21H22N6O3S2/c1-3-26-19(13-27(32(2,29)30)15-9-5-4-6-10-15)24-25-21(26)31-14-18-22-17-12-8-7-11-16(17)20(28)23-18/h4-12H,3,13-14H2,1-2H3,(H,22,23,28). The van der Waals surface area contributed by atoms with Gasteiger partial charge in [-0.3, -0.25) is 9.10 Å². The molecule has 0 fully saturated rings. The summed E-state index contributed by atoms with van der Waals surface area (Å²) in [6.45, 7) is 2.58. The van der Waals surface area contributed by atoms with E-state index in [1.54, 1.807) is 42.5 Å². The van der Waals surface area contributed by atoms with Crippen LogP contribution in [0, 0.1) is 0 Å². The zero-order valence-electron chi connectivity index (χ0n) is 17.6. The number of anilines is 1. The van der Waals surface area contributed by atoms with Crippen LogP contribution in [0.5, 0.6) is 0 Å². The van der Waals surface area contributed by atoms with E-state index in [1.165, 1.54) is 22.3 Å². The van der Waals surface area contributed by atoms with Gasteiger partial charge in [-0.05, 0) is 31.2 Å². The molecule has 0 atom stereocenters. The first-order chi connectivity index (χ1) is 15.4. The molecule has 0 amide bonds. The highest BCUT2D eigenvalue weighted by Gasteiger charge is 2.22. The van der Waals surface area contributed by atoms with Crippen molar-refractivity contribution in [2.75, 3.05) is 10.6 Å². The van der Waals surface area contributed by atoms with Crippen molar-refractivity contribution in [1.82, 2.24) is 24.7 Å². The quantitative estimate of drug-likeness (QED) is 0.394.